The maximum Gasteiger partial charge on any atom is 0.175 e. The van der Waals surface area contributed by atoms with Crippen LogP contribution in [0.4, 0.5) is 0 Å². The molecule has 3 heterocycles. The fourth-order valence-corrected chi connectivity index (χ4v) is 5.44. The van der Waals surface area contributed by atoms with Gasteiger partial charge in [-0.3, -0.25) is 24.5 Å². The summed E-state index contributed by atoms with van der Waals surface area (Å²) < 4.78 is 45.8. The number of hydrogen-bond acceptors (Lipinski definition) is 9. The van der Waals surface area contributed by atoms with E-state index < -0.39 is 19.7 Å². The number of pyridine rings is 3. The van der Waals surface area contributed by atoms with Gasteiger partial charge in [-0.25, -0.2) is 16.8 Å². The third kappa shape index (κ3) is 13.0. The van der Waals surface area contributed by atoms with Crippen LogP contribution in [-0.4, -0.2) is 64.8 Å². The number of nitrogens with zero attached hydrogens (tertiary/aromatic N) is 3. The van der Waals surface area contributed by atoms with Crippen LogP contribution >= 0.6 is 34.8 Å². The van der Waals surface area contributed by atoms with Crippen molar-refractivity contribution in [2.24, 2.45) is 0 Å². The maximum absolute atomic E-state index is 11.9. The molecular weight excluding hydrogens is 728 g/mol. The second kappa shape index (κ2) is 19.1. The molecule has 2 aromatic carbocycles. The molecule has 49 heavy (non-hydrogen) atoms. The molecule has 15 heteroatoms. The van der Waals surface area contributed by atoms with Gasteiger partial charge in [0.2, 0.25) is 0 Å². The summed E-state index contributed by atoms with van der Waals surface area (Å²) in [4.78, 5) is 34.3. The number of aromatic nitrogens is 3. The smallest absolute Gasteiger partial charge is 0.175 e. The summed E-state index contributed by atoms with van der Waals surface area (Å²) in [7, 11) is -6.42. The molecule has 5 aromatic rings. The number of rotatable bonds is 8. The molecule has 3 radical (unpaired) electrons. The Morgan fingerprint density at radius 1 is 0.776 bits per heavy atom. The molecule has 0 aliphatic carbocycles. The third-order valence-electron chi connectivity index (χ3n) is 6.30. The molecule has 9 nitrogen and oxygen atoms in total. The van der Waals surface area contributed by atoms with Crippen LogP contribution in [0.25, 0.3) is 22.4 Å². The van der Waals surface area contributed by atoms with E-state index in [1.165, 1.54) is 24.6 Å². The lowest BCUT2D eigenvalue weighted by atomic mass is 10.0. The van der Waals surface area contributed by atoms with Crippen molar-refractivity contribution < 1.29 is 26.4 Å². The van der Waals surface area contributed by atoms with E-state index >= 15 is 0 Å². The van der Waals surface area contributed by atoms with E-state index in [4.69, 9.17) is 34.8 Å². The number of Topliss-reactive ketones (excluding diaryl/α,β-unsaturated/α-hetero) is 1. The zero-order valence-electron chi connectivity index (χ0n) is 26.1. The number of sulfone groups is 2. The first-order valence-electron chi connectivity index (χ1n) is 13.7. The summed E-state index contributed by atoms with van der Waals surface area (Å²) in [6.07, 6.45) is 11.2. The van der Waals surface area contributed by atoms with Crippen molar-refractivity contribution >= 4 is 75.0 Å². The van der Waals surface area contributed by atoms with Crippen LogP contribution in [0.15, 0.2) is 130 Å². The minimum Gasteiger partial charge on any atom is -0.297 e. The average Bonchev–Trinajstić information content (AvgIpc) is 3.08. The molecule has 0 spiro atoms. The van der Waals surface area contributed by atoms with Gasteiger partial charge in [0.1, 0.15) is 0 Å². The largest absolute Gasteiger partial charge is 0.297 e. The van der Waals surface area contributed by atoms with Crippen LogP contribution in [0.3, 0.4) is 0 Å². The highest BCUT2D eigenvalue weighted by molar-refractivity contribution is 7.91. The minimum absolute atomic E-state index is 0. The molecule has 0 saturated carbocycles. The number of ketones is 1. The Hall–Kier alpha value is -4.20. The highest BCUT2D eigenvalue weighted by Crippen LogP contribution is 2.32. The first-order chi connectivity index (χ1) is 22.7. The lowest BCUT2D eigenvalue weighted by Crippen LogP contribution is -2.04. The van der Waals surface area contributed by atoms with Gasteiger partial charge in [0.05, 0.1) is 25.5 Å². The monoisotopic (exact) mass is 754 g/mol. The lowest BCUT2D eigenvalue weighted by molar-refractivity contribution is -0.104. The molecule has 251 valence electrons. The first kappa shape index (κ1) is 41.0. The van der Waals surface area contributed by atoms with E-state index in [1.807, 2.05) is 18.2 Å². The summed E-state index contributed by atoms with van der Waals surface area (Å²) in [6, 6.07) is 22.0. The average molecular weight is 756 g/mol. The molecule has 0 unspecified atom stereocenters. The van der Waals surface area contributed by atoms with Gasteiger partial charge in [-0.15, -0.1) is 0 Å². The molecule has 0 aliphatic heterocycles. The van der Waals surface area contributed by atoms with Gasteiger partial charge >= 0.3 is 0 Å². The fraction of sp³-hybridized carbons (Fsp3) is 0.0882. The van der Waals surface area contributed by atoms with Crippen LogP contribution in [0.2, 0.25) is 5.02 Å². The molecule has 0 N–H and O–H groups in total. The van der Waals surface area contributed by atoms with Crippen LogP contribution in [0, 0.1) is 0 Å². The number of aldehydes is 1. The first-order valence-corrected chi connectivity index (χ1v) is 18.7. The Morgan fingerprint density at radius 2 is 1.33 bits per heavy atom. The number of carbonyl (C=O) groups excluding carboxylic acids is 2. The van der Waals surface area contributed by atoms with Gasteiger partial charge in [-0.2, -0.15) is 0 Å². The van der Waals surface area contributed by atoms with Crippen molar-refractivity contribution in [2.75, 3.05) is 12.5 Å². The van der Waals surface area contributed by atoms with E-state index in [-0.39, 0.29) is 35.4 Å². The predicted molar refractivity (Wildman–Crippen MR) is 194 cm³/mol. The van der Waals surface area contributed by atoms with E-state index in [9.17, 15) is 26.4 Å². The molecule has 0 amide bonds. The van der Waals surface area contributed by atoms with E-state index in [0.29, 0.717) is 16.9 Å². The zero-order chi connectivity index (χ0) is 35.3. The minimum atomic E-state index is -3.22. The molecule has 3 aromatic heterocycles. The van der Waals surface area contributed by atoms with Crippen molar-refractivity contribution in [1.29, 1.82) is 0 Å². The van der Waals surface area contributed by atoms with Crippen molar-refractivity contribution in [2.45, 2.75) is 16.2 Å². The van der Waals surface area contributed by atoms with E-state index in [2.05, 4.69) is 15.0 Å². The number of benzene rings is 2. The SMILES string of the molecule is CS(=O)(=O)c1ccc(-c2cc(Cl)cnc2-c2cccnc2)cc1.CS(=O)(=O)c1ccc(CC(=O)c2cccnc2)cc1.O=C/C(Cl)=C/Cl.[B]. The summed E-state index contributed by atoms with van der Waals surface area (Å²) in [5.74, 6) is -0.0415. The topological polar surface area (TPSA) is 141 Å². The number of halogens is 3. The molecule has 0 fully saturated rings. The number of hydrogen-bond donors (Lipinski definition) is 0. The Morgan fingerprint density at radius 3 is 1.78 bits per heavy atom. The normalized spacial score (nSPS) is 11.1. The van der Waals surface area contributed by atoms with Crippen LogP contribution in [0.1, 0.15) is 15.9 Å². The Bertz CT molecular complexity index is 2100. The maximum atomic E-state index is 11.9. The van der Waals surface area contributed by atoms with Crippen LogP contribution in [0.5, 0.6) is 0 Å². The quantitative estimate of drug-likeness (QED) is 0.0716. The summed E-state index contributed by atoms with van der Waals surface area (Å²) >= 11 is 16.0. The van der Waals surface area contributed by atoms with Crippen molar-refractivity contribution in [3.05, 3.63) is 137 Å². The summed E-state index contributed by atoms with van der Waals surface area (Å²) in [5, 5.41) is 0.538. The molecule has 0 saturated heterocycles. The molecular formula is C34H28BCl3N3O6S2. The van der Waals surface area contributed by atoms with Crippen molar-refractivity contribution in [1.82, 2.24) is 15.0 Å². The second-order valence-corrected chi connectivity index (χ2v) is 15.1. The summed E-state index contributed by atoms with van der Waals surface area (Å²) in [5.41, 5.74) is 5.61. The molecule has 5 rings (SSSR count). The number of carbonyl (C=O) groups is 2. The van der Waals surface area contributed by atoms with Gasteiger partial charge in [-0.1, -0.05) is 59.1 Å². The van der Waals surface area contributed by atoms with Gasteiger partial charge in [0.15, 0.2) is 31.7 Å². The standard InChI is InChI=1S/C17H13ClN2O2S.C14H13NO3S.C3H2Cl2O.B/c1-23(21,22)15-6-4-12(5-7-15)16-9-14(18)11-20-17(16)13-3-2-8-19-10-13;1-19(17,18)13-6-4-11(5-7-13)9-14(16)12-3-2-8-15-10-12;4-1-3(5)2-6;/h2-11H,1H3;2-8,10H,9H2,1H3;1-2H;/b;;3-1-;. The Labute approximate surface area is 302 Å². The van der Waals surface area contributed by atoms with Gasteiger partial charge in [-0.05, 0) is 65.7 Å². The highest BCUT2D eigenvalue weighted by atomic mass is 35.5. The highest BCUT2D eigenvalue weighted by Gasteiger charge is 2.13. The second-order valence-electron chi connectivity index (χ2n) is 9.96. The van der Waals surface area contributed by atoms with Crippen molar-refractivity contribution in [3.63, 3.8) is 0 Å². The third-order valence-corrected chi connectivity index (χ3v) is 9.31. The predicted octanol–water partition coefficient (Wildman–Crippen LogP) is 6.90. The van der Waals surface area contributed by atoms with Crippen LogP contribution < -0.4 is 0 Å². The van der Waals surface area contributed by atoms with Gasteiger partial charge < -0.3 is 0 Å². The van der Waals surface area contributed by atoms with E-state index in [1.54, 1.807) is 73.3 Å². The summed E-state index contributed by atoms with van der Waals surface area (Å²) in [6.45, 7) is 0. The Kier molecular flexibility index (Phi) is 16.0. The van der Waals surface area contributed by atoms with Gasteiger partial charge in [0.25, 0.3) is 0 Å². The number of allylic oxidation sites excluding steroid dienone is 1. The molecule has 0 atom stereocenters. The zero-order valence-corrected chi connectivity index (χ0v) is 30.0. The molecule has 0 aliphatic rings. The molecule has 0 bridgehead atoms. The Balaban J connectivity index is 0.000000291. The van der Waals surface area contributed by atoms with Crippen molar-refractivity contribution in [3.8, 4) is 22.4 Å². The van der Waals surface area contributed by atoms with E-state index in [0.717, 1.165) is 39.7 Å². The fourth-order valence-electron chi connectivity index (χ4n) is 3.97. The van der Waals surface area contributed by atoms with Gasteiger partial charge in [0, 0.05) is 80.6 Å². The van der Waals surface area contributed by atoms with Crippen LogP contribution in [-0.2, 0) is 30.9 Å². The lowest BCUT2D eigenvalue weighted by Gasteiger charge is -2.10.